The quantitative estimate of drug-likeness (QED) is 0.0788. The van der Waals surface area contributed by atoms with Gasteiger partial charge in [-0.2, -0.15) is 0 Å². The van der Waals surface area contributed by atoms with E-state index in [4.69, 9.17) is 14.2 Å². The van der Waals surface area contributed by atoms with Crippen LogP contribution in [0.15, 0.2) is 42.5 Å². The molecule has 0 unspecified atom stereocenters. The molecule has 3 rings (SSSR count). The van der Waals surface area contributed by atoms with E-state index in [2.05, 4.69) is 11.8 Å². The highest BCUT2D eigenvalue weighted by molar-refractivity contribution is 5.70. The third-order valence-electron chi connectivity index (χ3n) is 9.92. The van der Waals surface area contributed by atoms with E-state index in [0.717, 1.165) is 62.9 Å². The number of likely N-dealkylation sites (tertiary alicyclic amines) is 1. The zero-order valence-electron chi connectivity index (χ0n) is 29.9. The van der Waals surface area contributed by atoms with Gasteiger partial charge in [-0.1, -0.05) is 128 Å². The molecule has 1 atom stereocenters. The molecule has 0 amide bonds. The Bertz CT molecular complexity index is 1100. The van der Waals surface area contributed by atoms with Gasteiger partial charge < -0.3 is 19.1 Å². The summed E-state index contributed by atoms with van der Waals surface area (Å²) in [6.07, 6.45) is 23.9. The number of carbonyl (C=O) groups is 1. The SMILES string of the molecule is CCCCCCCCCCCCCCCCCCC(=O)O[C@@H](c1cccc(OC)c1OC)C1CCN(CCc2ccc(F)cc2)CC1. The molecule has 6 heteroatoms. The fourth-order valence-electron chi connectivity index (χ4n) is 6.99. The van der Waals surface area contributed by atoms with Crippen molar-refractivity contribution >= 4 is 5.97 Å². The number of esters is 1. The highest BCUT2D eigenvalue weighted by atomic mass is 19.1. The number of nitrogens with zero attached hydrogens (tertiary/aromatic N) is 1. The molecule has 1 fully saturated rings. The van der Waals surface area contributed by atoms with Crippen molar-refractivity contribution in [2.45, 2.75) is 141 Å². The van der Waals surface area contributed by atoms with Gasteiger partial charge in [0, 0.05) is 24.4 Å². The number of unbranched alkanes of at least 4 members (excludes halogenated alkanes) is 15. The molecule has 0 N–H and O–H groups in total. The van der Waals surface area contributed by atoms with Crippen LogP contribution in [0, 0.1) is 11.7 Å². The fraction of sp³-hybridized carbons (Fsp3) is 0.683. The van der Waals surface area contributed by atoms with Crippen LogP contribution < -0.4 is 9.47 Å². The van der Waals surface area contributed by atoms with Crippen LogP contribution in [0.25, 0.3) is 0 Å². The summed E-state index contributed by atoms with van der Waals surface area (Å²) in [5.41, 5.74) is 2.03. The second-order valence-corrected chi connectivity index (χ2v) is 13.6. The number of hydrogen-bond acceptors (Lipinski definition) is 5. The average Bonchev–Trinajstić information content (AvgIpc) is 3.10. The van der Waals surface area contributed by atoms with E-state index < -0.39 is 0 Å². The number of hydrogen-bond donors (Lipinski definition) is 0. The molecular formula is C41H64FNO4. The van der Waals surface area contributed by atoms with E-state index in [0.29, 0.717) is 17.9 Å². The number of methoxy groups -OCH3 is 2. The van der Waals surface area contributed by atoms with E-state index in [1.165, 1.54) is 102 Å². The van der Waals surface area contributed by atoms with E-state index in [9.17, 15) is 9.18 Å². The topological polar surface area (TPSA) is 48.0 Å². The largest absolute Gasteiger partial charge is 0.493 e. The molecule has 264 valence electrons. The van der Waals surface area contributed by atoms with E-state index in [-0.39, 0.29) is 23.8 Å². The molecule has 1 aliphatic heterocycles. The number of rotatable bonds is 25. The minimum Gasteiger partial charge on any atom is -0.493 e. The van der Waals surface area contributed by atoms with Gasteiger partial charge in [-0.15, -0.1) is 0 Å². The Labute approximate surface area is 285 Å². The molecule has 0 spiro atoms. The van der Waals surface area contributed by atoms with Crippen LogP contribution >= 0.6 is 0 Å². The number of halogens is 1. The maximum atomic E-state index is 13.3. The lowest BCUT2D eigenvalue weighted by Gasteiger charge is -2.36. The minimum atomic E-state index is -0.368. The van der Waals surface area contributed by atoms with E-state index >= 15 is 0 Å². The molecule has 2 aromatic rings. The Hall–Kier alpha value is -2.60. The number of ether oxygens (including phenoxy) is 3. The average molecular weight is 654 g/mol. The summed E-state index contributed by atoms with van der Waals surface area (Å²) >= 11 is 0. The van der Waals surface area contributed by atoms with Crippen LogP contribution in [-0.2, 0) is 16.0 Å². The first-order valence-corrected chi connectivity index (χ1v) is 18.9. The highest BCUT2D eigenvalue weighted by Gasteiger charge is 2.33. The van der Waals surface area contributed by atoms with Crippen molar-refractivity contribution in [1.82, 2.24) is 4.90 Å². The number of piperidine rings is 1. The summed E-state index contributed by atoms with van der Waals surface area (Å²) in [7, 11) is 3.29. The Morgan fingerprint density at radius 3 is 1.85 bits per heavy atom. The zero-order valence-corrected chi connectivity index (χ0v) is 29.9. The van der Waals surface area contributed by atoms with Gasteiger partial charge in [0.15, 0.2) is 11.5 Å². The van der Waals surface area contributed by atoms with Crippen molar-refractivity contribution in [3.63, 3.8) is 0 Å². The Kier molecular flexibility index (Phi) is 19.6. The predicted molar refractivity (Wildman–Crippen MR) is 192 cm³/mol. The summed E-state index contributed by atoms with van der Waals surface area (Å²) < 4.78 is 30.9. The third kappa shape index (κ3) is 15.0. The van der Waals surface area contributed by atoms with Crippen LogP contribution in [0.4, 0.5) is 4.39 Å². The first kappa shape index (κ1) is 38.8. The fourth-order valence-corrected chi connectivity index (χ4v) is 6.99. The molecule has 5 nitrogen and oxygen atoms in total. The molecule has 0 aromatic heterocycles. The number of carbonyl (C=O) groups excluding carboxylic acids is 1. The molecule has 0 saturated carbocycles. The minimum absolute atomic E-state index is 0.121. The van der Waals surface area contributed by atoms with Gasteiger partial charge >= 0.3 is 5.97 Å². The molecule has 0 bridgehead atoms. The van der Waals surface area contributed by atoms with Crippen LogP contribution in [0.3, 0.4) is 0 Å². The highest BCUT2D eigenvalue weighted by Crippen LogP contribution is 2.42. The maximum absolute atomic E-state index is 13.3. The second kappa shape index (κ2) is 23.7. The zero-order chi connectivity index (χ0) is 33.5. The van der Waals surface area contributed by atoms with Gasteiger partial charge in [0.05, 0.1) is 14.2 Å². The Morgan fingerprint density at radius 1 is 0.766 bits per heavy atom. The summed E-state index contributed by atoms with van der Waals surface area (Å²) in [6, 6.07) is 12.6. The van der Waals surface area contributed by atoms with Crippen molar-refractivity contribution < 1.29 is 23.4 Å². The van der Waals surface area contributed by atoms with Crippen molar-refractivity contribution in [2.75, 3.05) is 33.9 Å². The van der Waals surface area contributed by atoms with Gasteiger partial charge in [0.25, 0.3) is 0 Å². The van der Waals surface area contributed by atoms with Crippen LogP contribution in [0.5, 0.6) is 11.5 Å². The normalized spacial score (nSPS) is 14.6. The van der Waals surface area contributed by atoms with Crippen molar-refractivity contribution in [3.05, 3.63) is 59.4 Å². The third-order valence-corrected chi connectivity index (χ3v) is 9.92. The monoisotopic (exact) mass is 653 g/mol. The van der Waals surface area contributed by atoms with Gasteiger partial charge in [-0.05, 0) is 62.5 Å². The molecule has 1 saturated heterocycles. The van der Waals surface area contributed by atoms with Crippen LogP contribution in [0.1, 0.15) is 146 Å². The number of para-hydroxylation sites is 1. The van der Waals surface area contributed by atoms with Crippen LogP contribution in [0.2, 0.25) is 0 Å². The maximum Gasteiger partial charge on any atom is 0.306 e. The molecule has 0 radical (unpaired) electrons. The molecule has 1 aliphatic rings. The summed E-state index contributed by atoms with van der Waals surface area (Å²) in [4.78, 5) is 15.6. The predicted octanol–water partition coefficient (Wildman–Crippen LogP) is 11.0. The molecule has 2 aromatic carbocycles. The molecule has 47 heavy (non-hydrogen) atoms. The Balaban J connectivity index is 1.37. The Morgan fingerprint density at radius 2 is 1.32 bits per heavy atom. The van der Waals surface area contributed by atoms with Gasteiger partial charge in [-0.3, -0.25) is 4.79 Å². The standard InChI is InChI=1S/C41H64FNO4/c1-4-5-6-7-8-9-10-11-12-13-14-15-16-17-18-19-23-39(44)47-40(37-21-20-22-38(45-2)41(37)46-3)35-29-32-43(33-30-35)31-28-34-24-26-36(42)27-25-34/h20-22,24-27,35,40H,4-19,23,28-33H2,1-3H3/t40-/m1/s1. The summed E-state index contributed by atoms with van der Waals surface area (Å²) in [5, 5.41) is 0. The lowest BCUT2D eigenvalue weighted by Crippen LogP contribution is -2.37. The first-order chi connectivity index (χ1) is 23.0. The molecule has 1 heterocycles. The number of benzene rings is 2. The van der Waals surface area contributed by atoms with Crippen LogP contribution in [-0.4, -0.2) is 44.7 Å². The van der Waals surface area contributed by atoms with Gasteiger partial charge in [-0.25, -0.2) is 4.39 Å². The van der Waals surface area contributed by atoms with E-state index in [1.807, 2.05) is 30.3 Å². The smallest absolute Gasteiger partial charge is 0.306 e. The lowest BCUT2D eigenvalue weighted by atomic mass is 9.86. The van der Waals surface area contributed by atoms with Crippen molar-refractivity contribution in [2.24, 2.45) is 5.92 Å². The molecule has 0 aliphatic carbocycles. The summed E-state index contributed by atoms with van der Waals surface area (Å²) in [6.45, 7) is 5.09. The van der Waals surface area contributed by atoms with Gasteiger partial charge in [0.1, 0.15) is 11.9 Å². The lowest BCUT2D eigenvalue weighted by molar-refractivity contribution is -0.153. The van der Waals surface area contributed by atoms with Gasteiger partial charge in [0.2, 0.25) is 0 Å². The summed E-state index contributed by atoms with van der Waals surface area (Å²) in [5.74, 6) is 1.18. The molecular weight excluding hydrogens is 589 g/mol. The van der Waals surface area contributed by atoms with Crippen molar-refractivity contribution in [1.29, 1.82) is 0 Å². The second-order valence-electron chi connectivity index (χ2n) is 13.6. The van der Waals surface area contributed by atoms with Crippen molar-refractivity contribution in [3.8, 4) is 11.5 Å². The van der Waals surface area contributed by atoms with E-state index in [1.54, 1.807) is 14.2 Å². The first-order valence-electron chi connectivity index (χ1n) is 18.9.